The van der Waals surface area contributed by atoms with E-state index in [4.69, 9.17) is 5.73 Å². The molecule has 0 unspecified atom stereocenters. The summed E-state index contributed by atoms with van der Waals surface area (Å²) in [5.74, 6) is 0.592. The monoisotopic (exact) mass is 421 g/mol. The summed E-state index contributed by atoms with van der Waals surface area (Å²) < 4.78 is 42.6. The highest BCUT2D eigenvalue weighted by atomic mass is 19.4. The van der Waals surface area contributed by atoms with Crippen molar-refractivity contribution in [1.29, 1.82) is 0 Å². The lowest BCUT2D eigenvalue weighted by atomic mass is 10.00. The molecule has 0 amide bonds. The number of anilines is 3. The number of nitrogens with one attached hydrogen (secondary N) is 2. The topological polar surface area (TPSA) is 103 Å². The molecule has 0 saturated heterocycles. The summed E-state index contributed by atoms with van der Waals surface area (Å²) in [6.45, 7) is 0.555. The zero-order valence-corrected chi connectivity index (χ0v) is 16.3. The minimum absolute atomic E-state index is 0.271. The molecule has 8 nitrogen and oxygen atoms in total. The summed E-state index contributed by atoms with van der Waals surface area (Å²) in [5, 5.41) is 11.2. The van der Waals surface area contributed by atoms with Gasteiger partial charge in [0.15, 0.2) is 5.65 Å². The number of aromatic nitrogens is 4. The Bertz CT molecular complexity index is 1030. The molecule has 4 N–H and O–H groups in total. The highest BCUT2D eigenvalue weighted by molar-refractivity contribution is 5.89. The molecule has 11 heteroatoms. The lowest BCUT2D eigenvalue weighted by Crippen LogP contribution is -2.43. The van der Waals surface area contributed by atoms with Crippen molar-refractivity contribution in [2.45, 2.75) is 37.6 Å². The number of halogens is 3. The fraction of sp³-hybridized carbons (Fsp3) is 0.421. The normalized spacial score (nSPS) is 16.0. The molecule has 2 heterocycles. The van der Waals surface area contributed by atoms with E-state index >= 15 is 0 Å². The number of nitrogens with two attached hydrogens (primary N) is 1. The number of hydrogen-bond donors (Lipinski definition) is 3. The minimum atomic E-state index is -4.73. The van der Waals surface area contributed by atoms with Crippen molar-refractivity contribution in [2.24, 2.45) is 12.8 Å². The summed E-state index contributed by atoms with van der Waals surface area (Å²) >= 11 is 0. The summed E-state index contributed by atoms with van der Waals surface area (Å²) in [5.41, 5.74) is 7.30. The van der Waals surface area contributed by atoms with Crippen LogP contribution in [0.5, 0.6) is 5.75 Å². The van der Waals surface area contributed by atoms with E-state index in [9.17, 15) is 13.2 Å². The smallest absolute Gasteiger partial charge is 0.406 e. The van der Waals surface area contributed by atoms with Gasteiger partial charge in [0.2, 0.25) is 5.95 Å². The standard InChI is InChI=1S/C19H22F3N7O/c1-29-16-14(10-25-29)15(26-12-4-6-13(7-5-12)30-19(20,21)22)27-17(28-16)24-11-18(23)8-2-3-9-18/h4-7,10H,2-3,8-9,11,23H2,1H3,(H2,24,26,27,28). The Kier molecular flexibility index (Phi) is 5.14. The van der Waals surface area contributed by atoms with Gasteiger partial charge in [-0.15, -0.1) is 13.2 Å². The van der Waals surface area contributed by atoms with Crippen molar-refractivity contribution in [2.75, 3.05) is 17.2 Å². The SMILES string of the molecule is Cn1ncc2c(Nc3ccc(OC(F)(F)F)cc3)nc(NCC3(N)CCCC3)nc21. The van der Waals surface area contributed by atoms with E-state index in [1.807, 2.05) is 0 Å². The van der Waals surface area contributed by atoms with E-state index in [2.05, 4.69) is 30.4 Å². The Balaban J connectivity index is 1.56. The lowest BCUT2D eigenvalue weighted by Gasteiger charge is -2.23. The van der Waals surface area contributed by atoms with Crippen molar-refractivity contribution in [3.63, 3.8) is 0 Å². The maximum Gasteiger partial charge on any atom is 0.573 e. The van der Waals surface area contributed by atoms with E-state index in [-0.39, 0.29) is 11.3 Å². The Morgan fingerprint density at radius 3 is 2.53 bits per heavy atom. The van der Waals surface area contributed by atoms with Crippen LogP contribution in [0.2, 0.25) is 0 Å². The fourth-order valence-electron chi connectivity index (χ4n) is 3.58. The number of nitrogens with zero attached hydrogens (tertiary/aromatic N) is 4. The Labute approximate surface area is 170 Å². The van der Waals surface area contributed by atoms with Gasteiger partial charge < -0.3 is 21.1 Å². The summed E-state index contributed by atoms with van der Waals surface area (Å²) in [6.07, 6.45) is 1.02. The van der Waals surface area contributed by atoms with Crippen molar-refractivity contribution in [3.8, 4) is 5.75 Å². The maximum absolute atomic E-state index is 12.3. The number of benzene rings is 1. The molecule has 4 rings (SSSR count). The summed E-state index contributed by atoms with van der Waals surface area (Å²) in [7, 11) is 1.77. The number of hydrogen-bond acceptors (Lipinski definition) is 7. The van der Waals surface area contributed by atoms with Gasteiger partial charge in [-0.3, -0.25) is 4.68 Å². The number of fused-ring (bicyclic) bond motifs is 1. The molecular formula is C19H22F3N7O. The molecular weight excluding hydrogens is 399 g/mol. The first-order valence-corrected chi connectivity index (χ1v) is 9.56. The van der Waals surface area contributed by atoms with Crippen LogP contribution in [0.25, 0.3) is 11.0 Å². The Morgan fingerprint density at radius 1 is 1.17 bits per heavy atom. The summed E-state index contributed by atoms with van der Waals surface area (Å²) in [4.78, 5) is 9.05. The molecule has 3 aromatic rings. The van der Waals surface area contributed by atoms with Crippen molar-refractivity contribution in [3.05, 3.63) is 30.5 Å². The predicted octanol–water partition coefficient (Wildman–Crippen LogP) is 3.69. The molecule has 0 spiro atoms. The molecule has 1 aliphatic rings. The first-order valence-electron chi connectivity index (χ1n) is 9.56. The first-order chi connectivity index (χ1) is 14.2. The largest absolute Gasteiger partial charge is 0.573 e. The Morgan fingerprint density at radius 2 is 1.87 bits per heavy atom. The van der Waals surface area contributed by atoms with Gasteiger partial charge in [-0.25, -0.2) is 0 Å². The van der Waals surface area contributed by atoms with Gasteiger partial charge in [-0.05, 0) is 37.1 Å². The van der Waals surface area contributed by atoms with Crippen LogP contribution in [-0.2, 0) is 7.05 Å². The molecule has 1 fully saturated rings. The fourth-order valence-corrected chi connectivity index (χ4v) is 3.58. The molecule has 1 saturated carbocycles. The zero-order valence-electron chi connectivity index (χ0n) is 16.3. The highest BCUT2D eigenvalue weighted by Crippen LogP contribution is 2.29. The van der Waals surface area contributed by atoms with Crippen LogP contribution in [0, 0.1) is 0 Å². The van der Waals surface area contributed by atoms with E-state index in [0.717, 1.165) is 25.7 Å². The number of alkyl halides is 3. The average Bonchev–Trinajstić information content (AvgIpc) is 3.28. The van der Waals surface area contributed by atoms with Crippen molar-refractivity contribution in [1.82, 2.24) is 19.7 Å². The van der Waals surface area contributed by atoms with Crippen molar-refractivity contribution >= 4 is 28.5 Å². The van der Waals surface area contributed by atoms with E-state index < -0.39 is 6.36 Å². The average molecular weight is 421 g/mol. The molecule has 30 heavy (non-hydrogen) atoms. The Hall–Kier alpha value is -3.08. The van der Waals surface area contributed by atoms with Gasteiger partial charge >= 0.3 is 6.36 Å². The van der Waals surface area contributed by atoms with Gasteiger partial charge in [0, 0.05) is 24.8 Å². The van der Waals surface area contributed by atoms with Crippen LogP contribution in [0.3, 0.4) is 0 Å². The summed E-state index contributed by atoms with van der Waals surface area (Å²) in [6, 6.07) is 5.42. The van der Waals surface area contributed by atoms with Crippen LogP contribution in [0.4, 0.5) is 30.6 Å². The maximum atomic E-state index is 12.3. The second kappa shape index (κ2) is 7.63. The highest BCUT2D eigenvalue weighted by Gasteiger charge is 2.31. The molecule has 1 aliphatic carbocycles. The molecule has 0 atom stereocenters. The molecule has 160 valence electrons. The number of ether oxygens (including phenoxy) is 1. The van der Waals surface area contributed by atoms with Crippen LogP contribution in [-0.4, -0.2) is 38.2 Å². The molecule has 0 aliphatic heterocycles. The van der Waals surface area contributed by atoms with Gasteiger partial charge in [0.05, 0.1) is 11.6 Å². The third-order valence-electron chi connectivity index (χ3n) is 5.14. The van der Waals surface area contributed by atoms with Gasteiger partial charge in [0.25, 0.3) is 0 Å². The predicted molar refractivity (Wildman–Crippen MR) is 107 cm³/mol. The molecule has 2 aromatic heterocycles. The number of rotatable bonds is 6. The van der Waals surface area contributed by atoms with Crippen LogP contribution < -0.4 is 21.1 Å². The van der Waals surface area contributed by atoms with Crippen LogP contribution in [0.1, 0.15) is 25.7 Å². The lowest BCUT2D eigenvalue weighted by molar-refractivity contribution is -0.274. The van der Waals surface area contributed by atoms with Gasteiger partial charge in [-0.1, -0.05) is 12.8 Å². The second-order valence-electron chi connectivity index (χ2n) is 7.52. The van der Waals surface area contributed by atoms with Gasteiger partial charge in [-0.2, -0.15) is 15.1 Å². The van der Waals surface area contributed by atoms with Crippen LogP contribution >= 0.6 is 0 Å². The number of aryl methyl sites for hydroxylation is 1. The van der Waals surface area contributed by atoms with E-state index in [1.165, 1.54) is 24.3 Å². The zero-order chi connectivity index (χ0) is 21.4. The third-order valence-corrected chi connectivity index (χ3v) is 5.14. The third kappa shape index (κ3) is 4.56. The second-order valence-corrected chi connectivity index (χ2v) is 7.52. The molecule has 1 aromatic carbocycles. The van der Waals surface area contributed by atoms with Crippen LogP contribution in [0.15, 0.2) is 30.5 Å². The van der Waals surface area contributed by atoms with E-state index in [0.29, 0.717) is 35.0 Å². The molecule has 0 radical (unpaired) electrons. The van der Waals surface area contributed by atoms with Crippen molar-refractivity contribution < 1.29 is 17.9 Å². The quantitative estimate of drug-likeness (QED) is 0.558. The first kappa shape index (κ1) is 20.2. The molecule has 0 bridgehead atoms. The van der Waals surface area contributed by atoms with Gasteiger partial charge in [0.1, 0.15) is 11.6 Å². The van der Waals surface area contributed by atoms with E-state index in [1.54, 1.807) is 17.9 Å². The minimum Gasteiger partial charge on any atom is -0.406 e.